The molecule has 1 atom stereocenters. The number of nitrogens with zero attached hydrogens (tertiary/aromatic N) is 2. The first-order valence-corrected chi connectivity index (χ1v) is 9.90. The first-order valence-electron chi connectivity index (χ1n) is 9.52. The molecule has 9 heteroatoms. The Labute approximate surface area is 183 Å². The number of hydrogen-bond donors (Lipinski definition) is 4. The zero-order valence-electron chi connectivity index (χ0n) is 16.5. The topological polar surface area (TPSA) is 124 Å². The molecule has 1 heterocycles. The largest absolute Gasteiger partial charge is 0.481 e. The fraction of sp³-hybridized carbons (Fsp3) is 0.182. The number of aromatic nitrogens is 2. The number of anilines is 1. The van der Waals surface area contributed by atoms with Gasteiger partial charge in [0, 0.05) is 18.7 Å². The van der Waals surface area contributed by atoms with Gasteiger partial charge in [0.1, 0.15) is 0 Å². The van der Waals surface area contributed by atoms with Gasteiger partial charge in [-0.15, -0.1) is 5.10 Å². The number of aliphatic hydroxyl groups excluding tert-OH is 1. The van der Waals surface area contributed by atoms with Crippen molar-refractivity contribution in [1.82, 2.24) is 15.5 Å². The Kier molecular flexibility index (Phi) is 7.66. The standard InChI is InChI=1S/C22H21ClN4O4/c23-21-17(14-5-2-1-3-6-14)7-4-8-18(21)22(31)25-19-10-9-15(26-27-19)12-24-13-16(28)11-20(29)30/h1-10,16,24,28H,11-13H2,(H,29,30)(H,25,27,31). The first kappa shape index (κ1) is 22.4. The van der Waals surface area contributed by atoms with Gasteiger partial charge in [-0.3, -0.25) is 9.59 Å². The molecule has 1 unspecified atom stereocenters. The van der Waals surface area contributed by atoms with E-state index in [1.807, 2.05) is 36.4 Å². The summed E-state index contributed by atoms with van der Waals surface area (Å²) in [4.78, 5) is 23.2. The molecule has 3 aromatic rings. The maximum atomic E-state index is 12.7. The number of nitrogens with one attached hydrogen (secondary N) is 2. The number of hydrogen-bond acceptors (Lipinski definition) is 6. The molecule has 1 aromatic heterocycles. The van der Waals surface area contributed by atoms with Crippen LogP contribution >= 0.6 is 11.6 Å². The van der Waals surface area contributed by atoms with Crippen LogP contribution in [-0.2, 0) is 11.3 Å². The van der Waals surface area contributed by atoms with Gasteiger partial charge in [-0.25, -0.2) is 0 Å². The zero-order valence-corrected chi connectivity index (χ0v) is 17.2. The van der Waals surface area contributed by atoms with E-state index >= 15 is 0 Å². The van der Waals surface area contributed by atoms with Crippen LogP contribution in [0.5, 0.6) is 0 Å². The Morgan fingerprint density at radius 3 is 2.45 bits per heavy atom. The summed E-state index contributed by atoms with van der Waals surface area (Å²) in [5.41, 5.74) is 2.56. The Morgan fingerprint density at radius 2 is 1.77 bits per heavy atom. The molecule has 0 saturated carbocycles. The van der Waals surface area contributed by atoms with Gasteiger partial charge < -0.3 is 20.8 Å². The van der Waals surface area contributed by atoms with Crippen molar-refractivity contribution in [2.45, 2.75) is 19.1 Å². The lowest BCUT2D eigenvalue weighted by Gasteiger charge is -2.11. The molecular weight excluding hydrogens is 420 g/mol. The predicted octanol–water partition coefficient (Wildman–Crippen LogP) is 2.97. The van der Waals surface area contributed by atoms with Crippen LogP contribution in [0.1, 0.15) is 22.5 Å². The molecule has 0 aliphatic carbocycles. The van der Waals surface area contributed by atoms with E-state index in [1.165, 1.54) is 0 Å². The minimum Gasteiger partial charge on any atom is -0.481 e. The van der Waals surface area contributed by atoms with E-state index in [0.29, 0.717) is 22.8 Å². The lowest BCUT2D eigenvalue weighted by Crippen LogP contribution is -2.28. The summed E-state index contributed by atoms with van der Waals surface area (Å²) < 4.78 is 0. The predicted molar refractivity (Wildman–Crippen MR) is 117 cm³/mol. The summed E-state index contributed by atoms with van der Waals surface area (Å²) in [5.74, 6) is -1.20. The maximum Gasteiger partial charge on any atom is 0.306 e. The van der Waals surface area contributed by atoms with Crippen molar-refractivity contribution < 1.29 is 19.8 Å². The third-order valence-electron chi connectivity index (χ3n) is 4.39. The van der Waals surface area contributed by atoms with E-state index in [9.17, 15) is 14.7 Å². The van der Waals surface area contributed by atoms with Crippen LogP contribution < -0.4 is 10.6 Å². The first-order chi connectivity index (χ1) is 14.9. The second-order valence-corrected chi connectivity index (χ2v) is 7.16. The summed E-state index contributed by atoms with van der Waals surface area (Å²) in [6.45, 7) is 0.408. The number of benzene rings is 2. The highest BCUT2D eigenvalue weighted by Crippen LogP contribution is 2.30. The molecule has 8 nitrogen and oxygen atoms in total. The fourth-order valence-corrected chi connectivity index (χ4v) is 3.21. The monoisotopic (exact) mass is 440 g/mol. The molecule has 3 rings (SSSR count). The molecule has 0 aliphatic heterocycles. The number of halogens is 1. The maximum absolute atomic E-state index is 12.7. The molecule has 0 spiro atoms. The Morgan fingerprint density at radius 1 is 1.00 bits per heavy atom. The lowest BCUT2D eigenvalue weighted by atomic mass is 10.0. The minimum atomic E-state index is -1.07. The van der Waals surface area contributed by atoms with Gasteiger partial charge >= 0.3 is 5.97 Å². The Balaban J connectivity index is 1.61. The second-order valence-electron chi connectivity index (χ2n) is 6.78. The number of rotatable bonds is 9. The molecule has 31 heavy (non-hydrogen) atoms. The van der Waals surface area contributed by atoms with E-state index in [2.05, 4.69) is 20.8 Å². The van der Waals surface area contributed by atoms with Gasteiger partial charge in [0.2, 0.25) is 0 Å². The van der Waals surface area contributed by atoms with Gasteiger partial charge in [-0.05, 0) is 23.8 Å². The van der Waals surface area contributed by atoms with Gasteiger partial charge in [0.25, 0.3) is 5.91 Å². The van der Waals surface area contributed by atoms with Crippen LogP contribution in [0.3, 0.4) is 0 Å². The normalized spacial score (nSPS) is 11.7. The summed E-state index contributed by atoms with van der Waals surface area (Å²) >= 11 is 6.48. The van der Waals surface area contributed by atoms with E-state index in [0.717, 1.165) is 11.1 Å². The van der Waals surface area contributed by atoms with Crippen molar-refractivity contribution in [2.24, 2.45) is 0 Å². The van der Waals surface area contributed by atoms with Crippen LogP contribution in [-0.4, -0.2) is 44.9 Å². The molecular formula is C22H21ClN4O4. The second kappa shape index (κ2) is 10.6. The number of carbonyl (C=O) groups excluding carboxylic acids is 1. The molecule has 160 valence electrons. The highest BCUT2D eigenvalue weighted by molar-refractivity contribution is 6.37. The average molecular weight is 441 g/mol. The zero-order chi connectivity index (χ0) is 22.2. The third-order valence-corrected chi connectivity index (χ3v) is 4.79. The molecule has 0 aliphatic rings. The van der Waals surface area contributed by atoms with Crippen molar-refractivity contribution in [3.05, 3.63) is 76.9 Å². The van der Waals surface area contributed by atoms with E-state index in [-0.39, 0.29) is 18.8 Å². The molecule has 0 radical (unpaired) electrons. The van der Waals surface area contributed by atoms with Crippen molar-refractivity contribution in [3.8, 4) is 11.1 Å². The summed E-state index contributed by atoms with van der Waals surface area (Å²) in [6, 6.07) is 18.1. The molecule has 2 aromatic carbocycles. The van der Waals surface area contributed by atoms with Crippen LogP contribution in [0.4, 0.5) is 5.82 Å². The molecule has 1 amide bonds. The van der Waals surface area contributed by atoms with E-state index < -0.39 is 18.0 Å². The molecule has 0 fully saturated rings. The fourth-order valence-electron chi connectivity index (χ4n) is 2.89. The smallest absolute Gasteiger partial charge is 0.306 e. The van der Waals surface area contributed by atoms with E-state index in [1.54, 1.807) is 24.3 Å². The van der Waals surface area contributed by atoms with Gasteiger partial charge in [-0.1, -0.05) is 54.1 Å². The minimum absolute atomic E-state index is 0.114. The lowest BCUT2D eigenvalue weighted by molar-refractivity contribution is -0.139. The number of carboxylic acid groups (broad SMARTS) is 1. The number of carboxylic acids is 1. The highest BCUT2D eigenvalue weighted by atomic mass is 35.5. The molecule has 0 saturated heterocycles. The van der Waals surface area contributed by atoms with Crippen LogP contribution in [0.2, 0.25) is 5.02 Å². The molecule has 4 N–H and O–H groups in total. The number of amides is 1. The average Bonchev–Trinajstić information content (AvgIpc) is 2.75. The van der Waals surface area contributed by atoms with Crippen molar-refractivity contribution in [2.75, 3.05) is 11.9 Å². The van der Waals surface area contributed by atoms with Crippen molar-refractivity contribution >= 4 is 29.3 Å². The van der Waals surface area contributed by atoms with Crippen molar-refractivity contribution in [3.63, 3.8) is 0 Å². The van der Waals surface area contributed by atoms with Gasteiger partial charge in [0.05, 0.1) is 28.8 Å². The third kappa shape index (κ3) is 6.32. The highest BCUT2D eigenvalue weighted by Gasteiger charge is 2.15. The summed E-state index contributed by atoms with van der Waals surface area (Å²) in [5, 5.41) is 32.1. The molecule has 0 bridgehead atoms. The number of carbonyl (C=O) groups is 2. The van der Waals surface area contributed by atoms with Crippen molar-refractivity contribution in [1.29, 1.82) is 0 Å². The van der Waals surface area contributed by atoms with Crippen LogP contribution in [0.15, 0.2) is 60.7 Å². The summed E-state index contributed by atoms with van der Waals surface area (Å²) in [6.07, 6.45) is -1.32. The van der Waals surface area contributed by atoms with Crippen LogP contribution in [0, 0.1) is 0 Å². The van der Waals surface area contributed by atoms with Gasteiger partial charge in [-0.2, -0.15) is 5.10 Å². The Bertz CT molecular complexity index is 1050. The van der Waals surface area contributed by atoms with Crippen LogP contribution in [0.25, 0.3) is 11.1 Å². The number of aliphatic hydroxyl groups is 1. The quantitative estimate of drug-likeness (QED) is 0.403. The van der Waals surface area contributed by atoms with E-state index in [4.69, 9.17) is 16.7 Å². The SMILES string of the molecule is O=C(O)CC(O)CNCc1ccc(NC(=O)c2cccc(-c3ccccc3)c2Cl)nn1. The van der Waals surface area contributed by atoms with Gasteiger partial charge in [0.15, 0.2) is 5.82 Å². The summed E-state index contributed by atoms with van der Waals surface area (Å²) in [7, 11) is 0. The Hall–Kier alpha value is -3.33. The number of aliphatic carboxylic acids is 1.